The molecule has 2 fully saturated rings. The highest BCUT2D eigenvalue weighted by Gasteiger charge is 2.44. The van der Waals surface area contributed by atoms with E-state index in [9.17, 15) is 9.50 Å². The average molecular weight is 344 g/mol. The van der Waals surface area contributed by atoms with E-state index < -0.39 is 0 Å². The minimum absolute atomic E-state index is 0.0297. The van der Waals surface area contributed by atoms with Gasteiger partial charge in [0.25, 0.3) is 0 Å². The summed E-state index contributed by atoms with van der Waals surface area (Å²) in [4.78, 5) is 2.39. The molecule has 5 nitrogen and oxygen atoms in total. The van der Waals surface area contributed by atoms with Gasteiger partial charge in [-0.1, -0.05) is 12.1 Å². The van der Waals surface area contributed by atoms with Gasteiger partial charge in [-0.3, -0.25) is 4.90 Å². The Hall–Kier alpha value is -1.76. The maximum Gasteiger partial charge on any atom is 0.148 e. The highest BCUT2D eigenvalue weighted by Crippen LogP contribution is 2.37. The molecule has 0 bridgehead atoms. The number of rotatable bonds is 4. The molecule has 0 amide bonds. The summed E-state index contributed by atoms with van der Waals surface area (Å²) in [5.74, 6) is -0.273. The van der Waals surface area contributed by atoms with Crippen molar-refractivity contribution in [3.8, 4) is 5.69 Å². The lowest BCUT2D eigenvalue weighted by atomic mass is 9.71. The van der Waals surface area contributed by atoms with Crippen LogP contribution in [0.5, 0.6) is 0 Å². The monoisotopic (exact) mass is 344 g/mol. The Bertz CT molecular complexity index is 734. The highest BCUT2D eigenvalue weighted by atomic mass is 19.1. The van der Waals surface area contributed by atoms with E-state index in [0.717, 1.165) is 51.0 Å². The first kappa shape index (κ1) is 16.7. The van der Waals surface area contributed by atoms with Crippen LogP contribution >= 0.6 is 0 Å². The number of aromatic nitrogens is 2. The number of para-hydroxylation sites is 1. The van der Waals surface area contributed by atoms with Gasteiger partial charge in [-0.15, -0.1) is 0 Å². The average Bonchev–Trinajstić information content (AvgIpc) is 3.10. The fraction of sp³-hybridized carbons (Fsp3) is 0.526. The van der Waals surface area contributed by atoms with E-state index in [2.05, 4.69) is 15.3 Å². The van der Waals surface area contributed by atoms with Gasteiger partial charge in [0.2, 0.25) is 0 Å². The minimum atomic E-state index is -0.273. The van der Waals surface area contributed by atoms with Gasteiger partial charge in [-0.2, -0.15) is 5.10 Å². The molecule has 0 aliphatic carbocycles. The van der Waals surface area contributed by atoms with Crippen LogP contribution in [0.3, 0.4) is 0 Å². The number of halogens is 1. The number of aliphatic hydroxyl groups excluding tert-OH is 1. The summed E-state index contributed by atoms with van der Waals surface area (Å²) in [5.41, 5.74) is 1.51. The third kappa shape index (κ3) is 3.21. The predicted molar refractivity (Wildman–Crippen MR) is 94.0 cm³/mol. The van der Waals surface area contributed by atoms with E-state index in [1.165, 1.54) is 6.07 Å². The molecule has 0 spiro atoms. The molecule has 0 saturated carbocycles. The molecule has 3 heterocycles. The third-order valence-corrected chi connectivity index (χ3v) is 5.71. The summed E-state index contributed by atoms with van der Waals surface area (Å²) in [6, 6.07) is 7.09. The zero-order valence-electron chi connectivity index (χ0n) is 14.4. The van der Waals surface area contributed by atoms with Crippen LogP contribution in [0.15, 0.2) is 36.7 Å². The zero-order valence-corrected chi connectivity index (χ0v) is 14.4. The first-order chi connectivity index (χ1) is 12.2. The molecule has 2 aliphatic rings. The number of nitrogens with zero attached hydrogens (tertiary/aromatic N) is 3. The lowest BCUT2D eigenvalue weighted by molar-refractivity contribution is -0.0222. The molecule has 1 aromatic heterocycles. The molecule has 6 heteroatoms. The molecule has 1 aromatic carbocycles. The number of likely N-dealkylation sites (tertiary alicyclic amines) is 1. The van der Waals surface area contributed by atoms with E-state index in [0.29, 0.717) is 11.7 Å². The van der Waals surface area contributed by atoms with E-state index in [1.807, 2.05) is 18.5 Å². The van der Waals surface area contributed by atoms with Crippen LogP contribution in [0.25, 0.3) is 5.69 Å². The summed E-state index contributed by atoms with van der Waals surface area (Å²) in [5, 5.41) is 17.9. The molecule has 2 atom stereocenters. The number of nitrogens with one attached hydrogen (secondary N) is 1. The molecule has 0 radical (unpaired) electrons. The lowest BCUT2D eigenvalue weighted by Gasteiger charge is -2.50. The first-order valence-electron chi connectivity index (χ1n) is 9.05. The van der Waals surface area contributed by atoms with Crippen molar-refractivity contribution >= 4 is 0 Å². The number of hydrogen-bond acceptors (Lipinski definition) is 4. The van der Waals surface area contributed by atoms with Gasteiger partial charge < -0.3 is 10.4 Å². The van der Waals surface area contributed by atoms with Crippen molar-refractivity contribution < 1.29 is 9.50 Å². The quantitative estimate of drug-likeness (QED) is 0.890. The molecular formula is C19H25FN4O. The Morgan fingerprint density at radius 2 is 2.24 bits per heavy atom. The summed E-state index contributed by atoms with van der Waals surface area (Å²) in [6.45, 7) is 3.97. The summed E-state index contributed by atoms with van der Waals surface area (Å²) < 4.78 is 15.5. The van der Waals surface area contributed by atoms with Crippen molar-refractivity contribution in [3.05, 3.63) is 48.0 Å². The number of piperidine rings is 2. The van der Waals surface area contributed by atoms with Crippen LogP contribution in [0.1, 0.15) is 24.8 Å². The molecule has 2 N–H and O–H groups in total. The molecule has 134 valence electrons. The smallest absolute Gasteiger partial charge is 0.148 e. The second kappa shape index (κ2) is 6.86. The van der Waals surface area contributed by atoms with Crippen LogP contribution in [0.2, 0.25) is 0 Å². The molecule has 25 heavy (non-hydrogen) atoms. The molecule has 2 aromatic rings. The number of fused-ring (bicyclic) bond motifs is 1. The molecule has 2 aliphatic heterocycles. The standard InChI is InChI=1S/C19H25FN4O/c20-16-4-1-2-5-17(16)24-12-15(10-22-24)11-23-9-6-18-19(13-23,14-25)7-3-8-21-18/h1-2,4-5,10,12,18,21,25H,3,6-9,11,13-14H2/t18-,19-/m1/s1. The summed E-state index contributed by atoms with van der Waals surface area (Å²) in [6.07, 6.45) is 6.96. The van der Waals surface area contributed by atoms with Crippen molar-refractivity contribution in [2.75, 3.05) is 26.2 Å². The van der Waals surface area contributed by atoms with Crippen molar-refractivity contribution in [3.63, 3.8) is 0 Å². The molecular weight excluding hydrogens is 319 g/mol. The summed E-state index contributed by atoms with van der Waals surface area (Å²) >= 11 is 0. The molecule has 0 unspecified atom stereocenters. The van der Waals surface area contributed by atoms with Gasteiger partial charge in [0.1, 0.15) is 11.5 Å². The SMILES string of the molecule is OC[C@]12CCCN[C@@H]1CCN(Cc1cnn(-c3ccccc3F)c1)C2. The number of aliphatic hydroxyl groups is 1. The Balaban J connectivity index is 1.47. The fourth-order valence-electron chi connectivity index (χ4n) is 4.38. The van der Waals surface area contributed by atoms with Gasteiger partial charge in [-0.05, 0) is 37.9 Å². The zero-order chi connectivity index (χ0) is 17.3. The maximum atomic E-state index is 13.9. The number of hydrogen-bond donors (Lipinski definition) is 2. The van der Waals surface area contributed by atoms with Crippen molar-refractivity contribution in [1.82, 2.24) is 20.0 Å². The topological polar surface area (TPSA) is 53.3 Å². The third-order valence-electron chi connectivity index (χ3n) is 5.71. The predicted octanol–water partition coefficient (Wildman–Crippen LogP) is 1.95. The van der Waals surface area contributed by atoms with Gasteiger partial charge in [0, 0.05) is 42.9 Å². The minimum Gasteiger partial charge on any atom is -0.396 e. The van der Waals surface area contributed by atoms with E-state index in [4.69, 9.17) is 0 Å². The lowest BCUT2D eigenvalue weighted by Crippen LogP contribution is -2.61. The molecule has 4 rings (SSSR count). The number of benzene rings is 1. The summed E-state index contributed by atoms with van der Waals surface area (Å²) in [7, 11) is 0. The van der Waals surface area contributed by atoms with Crippen molar-refractivity contribution in [1.29, 1.82) is 0 Å². The Morgan fingerprint density at radius 3 is 3.08 bits per heavy atom. The van der Waals surface area contributed by atoms with Gasteiger partial charge in [0.05, 0.1) is 12.8 Å². The van der Waals surface area contributed by atoms with Crippen LogP contribution in [-0.2, 0) is 6.54 Å². The van der Waals surface area contributed by atoms with E-state index in [-0.39, 0.29) is 17.8 Å². The maximum absolute atomic E-state index is 13.9. The Morgan fingerprint density at radius 1 is 1.36 bits per heavy atom. The van der Waals surface area contributed by atoms with Gasteiger partial charge >= 0.3 is 0 Å². The van der Waals surface area contributed by atoms with Gasteiger partial charge in [0.15, 0.2) is 0 Å². The van der Waals surface area contributed by atoms with Crippen LogP contribution in [0, 0.1) is 11.2 Å². The van der Waals surface area contributed by atoms with Crippen molar-refractivity contribution in [2.45, 2.75) is 31.8 Å². The van der Waals surface area contributed by atoms with Crippen LogP contribution < -0.4 is 5.32 Å². The first-order valence-corrected chi connectivity index (χ1v) is 9.05. The largest absolute Gasteiger partial charge is 0.396 e. The second-order valence-electron chi connectivity index (χ2n) is 7.37. The second-order valence-corrected chi connectivity index (χ2v) is 7.37. The fourth-order valence-corrected chi connectivity index (χ4v) is 4.38. The normalized spacial score (nSPS) is 27.2. The Labute approximate surface area is 147 Å². The Kier molecular flexibility index (Phi) is 4.58. The van der Waals surface area contributed by atoms with Crippen molar-refractivity contribution in [2.24, 2.45) is 5.41 Å². The highest BCUT2D eigenvalue weighted by molar-refractivity contribution is 5.32. The van der Waals surface area contributed by atoms with E-state index >= 15 is 0 Å². The van der Waals surface area contributed by atoms with Gasteiger partial charge in [-0.25, -0.2) is 9.07 Å². The van der Waals surface area contributed by atoms with Crippen LogP contribution in [0.4, 0.5) is 4.39 Å². The van der Waals surface area contributed by atoms with Crippen LogP contribution in [-0.4, -0.2) is 52.1 Å². The van der Waals surface area contributed by atoms with E-state index in [1.54, 1.807) is 16.8 Å². The molecule has 2 saturated heterocycles.